The van der Waals surface area contributed by atoms with Crippen LogP contribution in [0.4, 0.5) is 19.0 Å². The molecular formula is C21H16ClF3N8O4. The van der Waals surface area contributed by atoms with E-state index in [1.54, 1.807) is 13.8 Å². The molecule has 1 unspecified atom stereocenters. The van der Waals surface area contributed by atoms with Gasteiger partial charge >= 0.3 is 12.1 Å². The molecule has 0 saturated heterocycles. The molecule has 0 saturated carbocycles. The number of H-pyrrole nitrogens is 1. The maximum Gasteiger partial charge on any atom is 0.491 e. The number of halogens is 4. The van der Waals surface area contributed by atoms with Crippen molar-refractivity contribution in [3.8, 4) is 17.7 Å². The van der Waals surface area contributed by atoms with Crippen LogP contribution >= 0.6 is 11.6 Å². The van der Waals surface area contributed by atoms with E-state index in [1.807, 2.05) is 6.07 Å². The number of nitrogens with two attached hydrogens (primary N) is 1. The lowest BCUT2D eigenvalue weighted by molar-refractivity contribution is -0.190. The van der Waals surface area contributed by atoms with Crippen LogP contribution in [0.2, 0.25) is 5.02 Å². The van der Waals surface area contributed by atoms with Crippen LogP contribution in [0, 0.1) is 11.3 Å². The Bertz CT molecular complexity index is 1590. The maximum absolute atomic E-state index is 13.2. The molecule has 12 nitrogen and oxygen atoms in total. The topological polar surface area (TPSA) is 173 Å². The number of anilines is 1. The molecule has 0 aliphatic rings. The van der Waals surface area contributed by atoms with Crippen molar-refractivity contribution >= 4 is 45.8 Å². The molecule has 1 aromatic carbocycles. The summed E-state index contributed by atoms with van der Waals surface area (Å²) in [5, 5.41) is 23.0. The number of ether oxygens (including phenoxy) is 2. The standard InChI is InChI=1S/C21H16ClF3N8O4/c1-3-36-16-9(6-10(22)13-11(7-26)30-31-15(13)16)8(2)29-19(34)14-17(27)32-33-12(4-5-28-18(14)33)37-20(35)21(23,24)25/h4-6,8H,3H2,1-2H3,(H2,27,32)(H,29,34)(H,30,31). The molecule has 4 rings (SSSR count). The van der Waals surface area contributed by atoms with Gasteiger partial charge in [-0.2, -0.15) is 28.0 Å². The SMILES string of the molecule is CCOc1c(C(C)NC(=O)c2c(N)nn3c(OC(=O)C(F)(F)F)ccnc23)cc(Cl)c2c(C#N)n[nH]c12. The molecule has 0 aliphatic heterocycles. The summed E-state index contributed by atoms with van der Waals surface area (Å²) in [5.74, 6) is -3.99. The van der Waals surface area contributed by atoms with E-state index in [0.29, 0.717) is 26.7 Å². The van der Waals surface area contributed by atoms with Gasteiger partial charge in [0.25, 0.3) is 5.91 Å². The zero-order valence-corrected chi connectivity index (χ0v) is 19.7. The summed E-state index contributed by atoms with van der Waals surface area (Å²) in [6.07, 6.45) is -4.23. The zero-order chi connectivity index (χ0) is 27.1. The van der Waals surface area contributed by atoms with E-state index >= 15 is 0 Å². The van der Waals surface area contributed by atoms with E-state index in [2.05, 4.69) is 30.3 Å². The van der Waals surface area contributed by atoms with Gasteiger partial charge in [-0.15, -0.1) is 5.10 Å². The largest absolute Gasteiger partial charge is 0.491 e. The summed E-state index contributed by atoms with van der Waals surface area (Å²) in [6, 6.07) is 3.65. The fourth-order valence-electron chi connectivity index (χ4n) is 3.59. The lowest BCUT2D eigenvalue weighted by Gasteiger charge is -2.19. The lowest BCUT2D eigenvalue weighted by Crippen LogP contribution is -2.29. The Labute approximate surface area is 210 Å². The van der Waals surface area contributed by atoms with Gasteiger partial charge in [0.2, 0.25) is 5.88 Å². The van der Waals surface area contributed by atoms with Crippen molar-refractivity contribution in [1.29, 1.82) is 5.26 Å². The number of esters is 1. The summed E-state index contributed by atoms with van der Waals surface area (Å²) in [5.41, 5.74) is 6.20. The molecule has 16 heteroatoms. The van der Waals surface area contributed by atoms with Gasteiger partial charge in [0.15, 0.2) is 17.2 Å². The van der Waals surface area contributed by atoms with E-state index in [4.69, 9.17) is 22.1 Å². The first-order valence-electron chi connectivity index (χ1n) is 10.4. The van der Waals surface area contributed by atoms with Crippen LogP contribution in [0.15, 0.2) is 18.3 Å². The number of benzene rings is 1. The third-order valence-electron chi connectivity index (χ3n) is 5.15. The minimum Gasteiger partial charge on any atom is -0.491 e. The van der Waals surface area contributed by atoms with Gasteiger partial charge in [-0.05, 0) is 19.9 Å². The smallest absolute Gasteiger partial charge is 0.491 e. The average Bonchev–Trinajstić information content (AvgIpc) is 3.41. The monoisotopic (exact) mass is 536 g/mol. The second kappa shape index (κ2) is 9.47. The van der Waals surface area contributed by atoms with Gasteiger partial charge in [0.05, 0.1) is 23.1 Å². The molecule has 1 atom stereocenters. The van der Waals surface area contributed by atoms with E-state index in [9.17, 15) is 28.0 Å². The highest BCUT2D eigenvalue weighted by atomic mass is 35.5. The van der Waals surface area contributed by atoms with Crippen molar-refractivity contribution in [3.63, 3.8) is 0 Å². The third kappa shape index (κ3) is 4.54. The number of nitriles is 1. The van der Waals surface area contributed by atoms with Crippen molar-refractivity contribution in [3.05, 3.63) is 40.2 Å². The Morgan fingerprint density at radius 1 is 1.41 bits per heavy atom. The number of nitrogens with zero attached hydrogens (tertiary/aromatic N) is 5. The van der Waals surface area contributed by atoms with Gasteiger partial charge < -0.3 is 20.5 Å². The first kappa shape index (κ1) is 25.5. The summed E-state index contributed by atoms with van der Waals surface area (Å²) < 4.78 is 48.7. The Hall–Kier alpha value is -4.58. The number of amides is 1. The fourth-order valence-corrected chi connectivity index (χ4v) is 3.90. The summed E-state index contributed by atoms with van der Waals surface area (Å²) in [7, 11) is 0. The number of nitrogens with one attached hydrogen (secondary N) is 2. The van der Waals surface area contributed by atoms with Gasteiger partial charge in [0, 0.05) is 17.8 Å². The molecule has 0 fully saturated rings. The highest BCUT2D eigenvalue weighted by Gasteiger charge is 2.42. The zero-order valence-electron chi connectivity index (χ0n) is 19.0. The number of nitrogen functional groups attached to an aromatic ring is 1. The number of aromatic amines is 1. The average molecular weight is 537 g/mol. The molecule has 0 spiro atoms. The lowest BCUT2D eigenvalue weighted by atomic mass is 10.0. The van der Waals surface area contributed by atoms with Crippen molar-refractivity contribution in [2.75, 3.05) is 12.3 Å². The van der Waals surface area contributed by atoms with Gasteiger partial charge in [-0.3, -0.25) is 9.89 Å². The Morgan fingerprint density at radius 2 is 2.14 bits per heavy atom. The third-order valence-corrected chi connectivity index (χ3v) is 5.45. The molecule has 0 aliphatic carbocycles. The molecule has 1 amide bonds. The second-order valence-corrected chi connectivity index (χ2v) is 7.91. The van der Waals surface area contributed by atoms with E-state index in [-0.39, 0.29) is 34.4 Å². The number of fused-ring (bicyclic) bond motifs is 2. The molecular weight excluding hydrogens is 521 g/mol. The summed E-state index contributed by atoms with van der Waals surface area (Å²) in [4.78, 5) is 28.4. The molecule has 4 aromatic rings. The minimum atomic E-state index is -5.26. The van der Waals surface area contributed by atoms with Gasteiger partial charge in [-0.25, -0.2) is 9.78 Å². The van der Waals surface area contributed by atoms with Crippen molar-refractivity contribution < 1.29 is 32.2 Å². The van der Waals surface area contributed by atoms with Crippen LogP contribution in [0.1, 0.15) is 41.5 Å². The van der Waals surface area contributed by atoms with Crippen LogP contribution in [0.5, 0.6) is 11.6 Å². The maximum atomic E-state index is 13.2. The number of rotatable bonds is 6. The molecule has 3 aromatic heterocycles. The summed E-state index contributed by atoms with van der Waals surface area (Å²) in [6.45, 7) is 3.60. The highest BCUT2D eigenvalue weighted by Crippen LogP contribution is 2.38. The predicted octanol–water partition coefficient (Wildman–Crippen LogP) is 3.07. The molecule has 3 heterocycles. The number of carbonyl (C=O) groups excluding carboxylic acids is 2. The first-order valence-corrected chi connectivity index (χ1v) is 10.8. The van der Waals surface area contributed by atoms with Gasteiger partial charge in [-0.1, -0.05) is 11.6 Å². The molecule has 0 radical (unpaired) electrons. The second-order valence-electron chi connectivity index (χ2n) is 7.50. The van der Waals surface area contributed by atoms with Crippen molar-refractivity contribution in [2.45, 2.75) is 26.1 Å². The van der Waals surface area contributed by atoms with E-state index < -0.39 is 30.0 Å². The van der Waals surface area contributed by atoms with E-state index in [1.165, 1.54) is 6.07 Å². The van der Waals surface area contributed by atoms with E-state index in [0.717, 1.165) is 12.3 Å². The van der Waals surface area contributed by atoms with Crippen molar-refractivity contribution in [1.82, 2.24) is 30.1 Å². The molecule has 4 N–H and O–H groups in total. The number of aromatic nitrogens is 5. The Morgan fingerprint density at radius 3 is 2.78 bits per heavy atom. The van der Waals surface area contributed by atoms with Crippen LogP contribution in [-0.4, -0.2) is 49.5 Å². The number of alkyl halides is 3. The fraction of sp³-hybridized carbons (Fsp3) is 0.238. The highest BCUT2D eigenvalue weighted by molar-refractivity contribution is 6.36. The molecule has 37 heavy (non-hydrogen) atoms. The van der Waals surface area contributed by atoms with Crippen LogP contribution in [0.3, 0.4) is 0 Å². The predicted molar refractivity (Wildman–Crippen MR) is 122 cm³/mol. The summed E-state index contributed by atoms with van der Waals surface area (Å²) >= 11 is 6.39. The first-order chi connectivity index (χ1) is 17.5. The molecule has 192 valence electrons. The van der Waals surface area contributed by atoms with Gasteiger partial charge in [0.1, 0.15) is 22.9 Å². The number of carbonyl (C=O) groups is 2. The Balaban J connectivity index is 1.70. The minimum absolute atomic E-state index is 0.0661. The van der Waals surface area contributed by atoms with Crippen LogP contribution in [-0.2, 0) is 4.79 Å². The van der Waals surface area contributed by atoms with Crippen molar-refractivity contribution in [2.24, 2.45) is 0 Å². The molecule has 0 bridgehead atoms. The van der Waals surface area contributed by atoms with Crippen LogP contribution in [0.25, 0.3) is 16.6 Å². The number of hydrogen-bond acceptors (Lipinski definition) is 9. The quantitative estimate of drug-likeness (QED) is 0.313. The van der Waals surface area contributed by atoms with Crippen LogP contribution < -0.4 is 20.5 Å². The normalized spacial score (nSPS) is 12.4. The number of hydrogen-bond donors (Lipinski definition) is 3. The Kier molecular flexibility index (Phi) is 6.53.